The molecule has 0 fully saturated rings. The number of benzene rings is 3. The van der Waals surface area contributed by atoms with Gasteiger partial charge in [0.05, 0.1) is 17.2 Å². The first kappa shape index (κ1) is 21.6. The minimum atomic E-state index is -3.88. The van der Waals surface area contributed by atoms with Crippen LogP contribution >= 0.6 is 23.2 Å². The number of rotatable bonds is 4. The van der Waals surface area contributed by atoms with Crippen LogP contribution in [0.5, 0.6) is 0 Å². The molecular weight excluding hydrogens is 453 g/mol. The second-order valence-corrected chi connectivity index (χ2v) is 9.58. The Balaban J connectivity index is 1.70. The van der Waals surface area contributed by atoms with Crippen LogP contribution in [-0.4, -0.2) is 31.5 Å². The van der Waals surface area contributed by atoms with Gasteiger partial charge in [0.2, 0.25) is 0 Å². The number of sulfonamides is 1. The molecule has 0 bridgehead atoms. The number of hydrogen-bond donors (Lipinski definition) is 0. The van der Waals surface area contributed by atoms with Gasteiger partial charge in [-0.1, -0.05) is 65.7 Å². The molecule has 1 unspecified atom stereocenters. The van der Waals surface area contributed by atoms with E-state index in [1.165, 1.54) is 24.3 Å². The summed E-state index contributed by atoms with van der Waals surface area (Å²) in [6.07, 6.45) is 0. The lowest BCUT2D eigenvalue weighted by Gasteiger charge is -2.16. The molecule has 1 atom stereocenters. The van der Waals surface area contributed by atoms with Crippen LogP contribution in [0.3, 0.4) is 0 Å². The van der Waals surface area contributed by atoms with Crippen molar-refractivity contribution in [3.05, 3.63) is 100 Å². The molecule has 3 aromatic carbocycles. The summed E-state index contributed by atoms with van der Waals surface area (Å²) in [5.41, 5.74) is 2.85. The SMILES string of the molecule is CC(=NS(=O)(=O)c1ccc(Cl)cc1)N1CC(c2ccccc2)C(c2ccc(Cl)cc2)=N1. The first-order valence-electron chi connectivity index (χ1n) is 9.57. The summed E-state index contributed by atoms with van der Waals surface area (Å²) in [6.45, 7) is 2.12. The maximum atomic E-state index is 12.7. The quantitative estimate of drug-likeness (QED) is 0.367. The Morgan fingerprint density at radius 2 is 1.52 bits per heavy atom. The first-order chi connectivity index (χ1) is 14.8. The zero-order chi connectivity index (χ0) is 22.0. The third-order valence-corrected chi connectivity index (χ3v) is 6.87. The number of nitrogens with zero attached hydrogens (tertiary/aromatic N) is 3. The van der Waals surface area contributed by atoms with Gasteiger partial charge in [-0.3, -0.25) is 0 Å². The van der Waals surface area contributed by atoms with E-state index >= 15 is 0 Å². The van der Waals surface area contributed by atoms with E-state index in [4.69, 9.17) is 28.3 Å². The van der Waals surface area contributed by atoms with E-state index in [0.29, 0.717) is 22.4 Å². The summed E-state index contributed by atoms with van der Waals surface area (Å²) in [6, 6.07) is 23.4. The van der Waals surface area contributed by atoms with E-state index in [9.17, 15) is 8.42 Å². The predicted octanol–water partition coefficient (Wildman–Crippen LogP) is 5.60. The second-order valence-electron chi connectivity index (χ2n) is 7.10. The lowest BCUT2D eigenvalue weighted by atomic mass is 9.91. The first-order valence-corrected chi connectivity index (χ1v) is 11.8. The standard InChI is InChI=1S/C23H19Cl2N3O2S/c1-16(27-31(29,30)21-13-11-20(25)12-14-21)28-15-22(17-5-3-2-4-6-17)23(26-28)18-7-9-19(24)10-8-18/h2-14,22H,15H2,1H3. The Morgan fingerprint density at radius 1 is 0.935 bits per heavy atom. The predicted molar refractivity (Wildman–Crippen MR) is 126 cm³/mol. The van der Waals surface area contributed by atoms with Crippen LogP contribution in [0.25, 0.3) is 0 Å². The fourth-order valence-corrected chi connectivity index (χ4v) is 4.69. The van der Waals surface area contributed by atoms with E-state index in [1.807, 2.05) is 54.6 Å². The fourth-order valence-electron chi connectivity index (χ4n) is 3.41. The Morgan fingerprint density at radius 3 is 2.13 bits per heavy atom. The van der Waals surface area contributed by atoms with Crippen molar-refractivity contribution < 1.29 is 8.42 Å². The van der Waals surface area contributed by atoms with Gasteiger partial charge in [-0.25, -0.2) is 5.01 Å². The molecule has 1 aliphatic heterocycles. The maximum absolute atomic E-state index is 12.7. The fraction of sp³-hybridized carbons (Fsp3) is 0.130. The zero-order valence-corrected chi connectivity index (χ0v) is 18.9. The highest BCUT2D eigenvalue weighted by atomic mass is 35.5. The minimum absolute atomic E-state index is 0.0363. The summed E-state index contributed by atoms with van der Waals surface area (Å²) in [5, 5.41) is 7.46. The van der Waals surface area contributed by atoms with Gasteiger partial charge in [-0.2, -0.15) is 13.5 Å². The van der Waals surface area contributed by atoms with E-state index in [1.54, 1.807) is 11.9 Å². The van der Waals surface area contributed by atoms with E-state index < -0.39 is 10.0 Å². The Kier molecular flexibility index (Phi) is 6.14. The van der Waals surface area contributed by atoms with Gasteiger partial charge >= 0.3 is 0 Å². The van der Waals surface area contributed by atoms with Crippen molar-refractivity contribution in [1.29, 1.82) is 0 Å². The van der Waals surface area contributed by atoms with Gasteiger partial charge in [-0.05, 0) is 54.4 Å². The van der Waals surface area contributed by atoms with Gasteiger partial charge in [0, 0.05) is 16.0 Å². The molecule has 0 saturated carbocycles. The van der Waals surface area contributed by atoms with Gasteiger partial charge in [0.25, 0.3) is 10.0 Å². The maximum Gasteiger partial charge on any atom is 0.283 e. The third-order valence-electron chi connectivity index (χ3n) is 4.99. The number of amidine groups is 1. The molecule has 158 valence electrons. The van der Waals surface area contributed by atoms with Crippen molar-refractivity contribution in [1.82, 2.24) is 5.01 Å². The van der Waals surface area contributed by atoms with Crippen LogP contribution in [0.1, 0.15) is 24.0 Å². The van der Waals surface area contributed by atoms with Crippen LogP contribution in [0.4, 0.5) is 0 Å². The highest BCUT2D eigenvalue weighted by molar-refractivity contribution is 7.90. The van der Waals surface area contributed by atoms with Crippen LogP contribution in [0.15, 0.2) is 93.3 Å². The molecule has 0 N–H and O–H groups in total. The smallest absolute Gasteiger partial charge is 0.250 e. The Labute approximate surface area is 191 Å². The number of halogens is 2. The molecule has 31 heavy (non-hydrogen) atoms. The molecule has 0 aromatic heterocycles. The summed E-state index contributed by atoms with van der Waals surface area (Å²) < 4.78 is 29.5. The van der Waals surface area contributed by atoms with Crippen LogP contribution in [0.2, 0.25) is 10.0 Å². The van der Waals surface area contributed by atoms with Crippen molar-refractivity contribution in [2.75, 3.05) is 6.54 Å². The summed E-state index contributed by atoms with van der Waals surface area (Å²) in [5.74, 6) is 0.255. The zero-order valence-electron chi connectivity index (χ0n) is 16.6. The van der Waals surface area contributed by atoms with Crippen molar-refractivity contribution in [2.24, 2.45) is 9.50 Å². The molecule has 8 heteroatoms. The molecule has 0 saturated heterocycles. The van der Waals surface area contributed by atoms with Crippen molar-refractivity contribution in [2.45, 2.75) is 17.7 Å². The molecule has 4 rings (SSSR count). The van der Waals surface area contributed by atoms with Gasteiger partial charge in [0.1, 0.15) is 5.84 Å². The highest BCUT2D eigenvalue weighted by Crippen LogP contribution is 2.30. The van der Waals surface area contributed by atoms with Gasteiger partial charge < -0.3 is 0 Å². The average molecular weight is 472 g/mol. The van der Waals surface area contributed by atoms with E-state index in [-0.39, 0.29) is 10.8 Å². The lowest BCUT2D eigenvalue weighted by Crippen LogP contribution is -2.24. The van der Waals surface area contributed by atoms with Crippen LogP contribution < -0.4 is 0 Å². The molecule has 0 amide bonds. The summed E-state index contributed by atoms with van der Waals surface area (Å²) in [7, 11) is -3.88. The average Bonchev–Trinajstić information content (AvgIpc) is 3.21. The largest absolute Gasteiger partial charge is 0.283 e. The van der Waals surface area contributed by atoms with Gasteiger partial charge in [-0.15, -0.1) is 4.40 Å². The molecule has 5 nitrogen and oxygen atoms in total. The van der Waals surface area contributed by atoms with Crippen molar-refractivity contribution in [3.63, 3.8) is 0 Å². The van der Waals surface area contributed by atoms with Crippen LogP contribution in [0, 0.1) is 0 Å². The topological polar surface area (TPSA) is 62.1 Å². The normalized spacial score (nSPS) is 17.0. The number of hydrogen-bond acceptors (Lipinski definition) is 3. The second kappa shape index (κ2) is 8.83. The monoisotopic (exact) mass is 471 g/mol. The van der Waals surface area contributed by atoms with E-state index in [2.05, 4.69) is 4.40 Å². The number of hydrazone groups is 1. The molecule has 1 aliphatic rings. The summed E-state index contributed by atoms with van der Waals surface area (Å²) in [4.78, 5) is 0.0805. The molecule has 0 spiro atoms. The highest BCUT2D eigenvalue weighted by Gasteiger charge is 2.31. The Bertz CT molecular complexity index is 1240. The third kappa shape index (κ3) is 4.82. The van der Waals surface area contributed by atoms with Crippen molar-refractivity contribution >= 4 is 44.8 Å². The minimum Gasteiger partial charge on any atom is -0.250 e. The van der Waals surface area contributed by atoms with Crippen molar-refractivity contribution in [3.8, 4) is 0 Å². The van der Waals surface area contributed by atoms with E-state index in [0.717, 1.165) is 16.8 Å². The van der Waals surface area contributed by atoms with Crippen LogP contribution in [-0.2, 0) is 10.0 Å². The Hall–Kier alpha value is -2.67. The molecular formula is C23H19Cl2N3O2S. The lowest BCUT2D eigenvalue weighted by molar-refractivity contribution is 0.472. The molecule has 0 aliphatic carbocycles. The van der Waals surface area contributed by atoms with Gasteiger partial charge in [0.15, 0.2) is 0 Å². The molecule has 0 radical (unpaired) electrons. The molecule has 3 aromatic rings. The molecule has 1 heterocycles. The summed E-state index contributed by atoms with van der Waals surface area (Å²) >= 11 is 11.9.